The van der Waals surface area contributed by atoms with Crippen molar-refractivity contribution in [3.63, 3.8) is 0 Å². The molecule has 0 aliphatic heterocycles. The zero-order chi connectivity index (χ0) is 15.1. The van der Waals surface area contributed by atoms with Crippen molar-refractivity contribution in [1.29, 1.82) is 0 Å². The maximum Gasteiger partial charge on any atom is 0.164 e. The van der Waals surface area contributed by atoms with Crippen LogP contribution in [-0.4, -0.2) is 41.5 Å². The second-order valence-corrected chi connectivity index (χ2v) is 6.13. The first-order chi connectivity index (χ1) is 9.66. The van der Waals surface area contributed by atoms with E-state index in [1.807, 2.05) is 11.9 Å². The number of likely N-dealkylation sites (N-methyl/N-ethyl adjacent to an activating group) is 1. The van der Waals surface area contributed by atoms with Crippen molar-refractivity contribution in [3.8, 4) is 0 Å². The topological polar surface area (TPSA) is 43.7 Å². The fourth-order valence-corrected chi connectivity index (χ4v) is 2.59. The third-order valence-corrected chi connectivity index (χ3v) is 3.87. The number of halogens is 1. The van der Waals surface area contributed by atoms with Gasteiger partial charge in [-0.1, -0.05) is 77.6 Å². The van der Waals surface area contributed by atoms with Gasteiger partial charge in [-0.3, -0.25) is 0 Å². The lowest BCUT2D eigenvalue weighted by atomic mass is 10.1. The molecule has 4 heteroatoms. The summed E-state index contributed by atoms with van der Waals surface area (Å²) in [4.78, 5) is 1.99. The average molecular weight is 368 g/mol. The molecule has 0 fully saturated rings. The molecular formula is C17H38BrNO2. The maximum atomic E-state index is 8.83. The molecule has 21 heavy (non-hydrogen) atoms. The van der Waals surface area contributed by atoms with Crippen LogP contribution in [0.3, 0.4) is 0 Å². The quantitative estimate of drug-likeness (QED) is 0.330. The van der Waals surface area contributed by atoms with Crippen LogP contribution in [0.1, 0.15) is 84.0 Å². The molecule has 0 aromatic carbocycles. The Balaban J connectivity index is 0. The Bertz CT molecular complexity index is 192. The van der Waals surface area contributed by atoms with Crippen molar-refractivity contribution in [2.24, 2.45) is 0 Å². The Hall–Kier alpha value is 0.360. The van der Waals surface area contributed by atoms with Gasteiger partial charge < -0.3 is 15.1 Å². The highest BCUT2D eigenvalue weighted by Crippen LogP contribution is 2.11. The molecule has 3 nitrogen and oxygen atoms in total. The molecule has 130 valence electrons. The molecule has 0 aliphatic carbocycles. The second-order valence-electron chi connectivity index (χ2n) is 6.13. The molecular weight excluding hydrogens is 330 g/mol. The zero-order valence-electron chi connectivity index (χ0n) is 14.2. The van der Waals surface area contributed by atoms with Gasteiger partial charge in [0.1, 0.15) is 0 Å². The van der Waals surface area contributed by atoms with E-state index in [1.54, 1.807) is 0 Å². The van der Waals surface area contributed by atoms with Gasteiger partial charge in [0.25, 0.3) is 0 Å². The standard InChI is InChI=1S/C17H37NO2.BrH/c1-3-4-5-6-7-8-9-10-11-12-13-14-15-18(2)16-17(19)20;/h17,19-20H,3-16H2,1-2H3;1H. The van der Waals surface area contributed by atoms with Gasteiger partial charge >= 0.3 is 0 Å². The summed E-state index contributed by atoms with van der Waals surface area (Å²) in [5.41, 5.74) is 0. The zero-order valence-corrected chi connectivity index (χ0v) is 15.9. The van der Waals surface area contributed by atoms with Crippen LogP contribution in [0.4, 0.5) is 0 Å². The second kappa shape index (κ2) is 18.4. The minimum Gasteiger partial charge on any atom is -0.367 e. The van der Waals surface area contributed by atoms with Crippen molar-refractivity contribution < 1.29 is 10.2 Å². The molecule has 0 amide bonds. The lowest BCUT2D eigenvalue weighted by molar-refractivity contribution is -0.0573. The molecule has 0 heterocycles. The van der Waals surface area contributed by atoms with E-state index in [9.17, 15) is 0 Å². The first kappa shape index (κ1) is 23.6. The number of rotatable bonds is 15. The molecule has 2 N–H and O–H groups in total. The number of hydrogen-bond acceptors (Lipinski definition) is 3. The predicted octanol–water partition coefficient (Wildman–Crippen LogP) is 4.51. The fraction of sp³-hybridized carbons (Fsp3) is 1.00. The van der Waals surface area contributed by atoms with E-state index in [4.69, 9.17) is 10.2 Å². The van der Waals surface area contributed by atoms with E-state index >= 15 is 0 Å². The van der Waals surface area contributed by atoms with Crippen LogP contribution in [0.25, 0.3) is 0 Å². The van der Waals surface area contributed by atoms with Crippen molar-refractivity contribution in [1.82, 2.24) is 4.90 Å². The fourth-order valence-electron chi connectivity index (χ4n) is 2.59. The monoisotopic (exact) mass is 367 g/mol. The number of aliphatic hydroxyl groups excluding tert-OH is 1. The Morgan fingerprint density at radius 2 is 1.10 bits per heavy atom. The molecule has 0 unspecified atom stereocenters. The minimum atomic E-state index is -1.20. The summed E-state index contributed by atoms with van der Waals surface area (Å²) in [6.45, 7) is 3.59. The SMILES string of the molecule is Br.CCCCCCCCCCCCCCN(C)CC(O)O. The molecule has 0 radical (unpaired) electrons. The van der Waals surface area contributed by atoms with Crippen LogP contribution in [0.2, 0.25) is 0 Å². The van der Waals surface area contributed by atoms with Crippen LogP contribution < -0.4 is 0 Å². The normalized spacial score (nSPS) is 11.1. The van der Waals surface area contributed by atoms with E-state index < -0.39 is 6.29 Å². The summed E-state index contributed by atoms with van der Waals surface area (Å²) in [6, 6.07) is 0. The van der Waals surface area contributed by atoms with Crippen LogP contribution in [0, 0.1) is 0 Å². The smallest absolute Gasteiger partial charge is 0.164 e. The Morgan fingerprint density at radius 3 is 1.48 bits per heavy atom. The Labute approximate surface area is 142 Å². The first-order valence-electron chi connectivity index (χ1n) is 8.71. The van der Waals surface area contributed by atoms with Gasteiger partial charge in [-0.25, -0.2) is 0 Å². The predicted molar refractivity (Wildman–Crippen MR) is 97.1 cm³/mol. The van der Waals surface area contributed by atoms with Crippen molar-refractivity contribution in [2.45, 2.75) is 90.3 Å². The number of nitrogens with zero attached hydrogens (tertiary/aromatic N) is 1. The minimum absolute atomic E-state index is 0. The number of hydrogen-bond donors (Lipinski definition) is 2. The third-order valence-electron chi connectivity index (χ3n) is 3.87. The molecule has 0 aromatic rings. The molecule has 0 spiro atoms. The van der Waals surface area contributed by atoms with E-state index in [0.29, 0.717) is 6.54 Å². The van der Waals surface area contributed by atoms with Gasteiger partial charge in [-0.05, 0) is 20.0 Å². The molecule has 0 atom stereocenters. The molecule has 0 rings (SSSR count). The number of aliphatic hydroxyl groups is 2. The van der Waals surface area contributed by atoms with Gasteiger partial charge in [0, 0.05) is 6.54 Å². The van der Waals surface area contributed by atoms with E-state index in [2.05, 4.69) is 6.92 Å². The summed E-state index contributed by atoms with van der Waals surface area (Å²) < 4.78 is 0. The lowest BCUT2D eigenvalue weighted by Gasteiger charge is -2.17. The average Bonchev–Trinajstić information content (AvgIpc) is 2.39. The van der Waals surface area contributed by atoms with Gasteiger partial charge in [-0.15, -0.1) is 17.0 Å². The molecule has 0 bridgehead atoms. The highest BCUT2D eigenvalue weighted by atomic mass is 79.9. The summed E-state index contributed by atoms with van der Waals surface area (Å²) in [6.07, 6.45) is 15.2. The third kappa shape index (κ3) is 20.4. The van der Waals surface area contributed by atoms with Gasteiger partial charge in [0.05, 0.1) is 0 Å². The Morgan fingerprint density at radius 1 is 0.714 bits per heavy atom. The van der Waals surface area contributed by atoms with Crippen LogP contribution in [0.15, 0.2) is 0 Å². The summed E-state index contributed by atoms with van der Waals surface area (Å²) in [5, 5.41) is 17.7. The van der Waals surface area contributed by atoms with E-state index in [1.165, 1.54) is 77.0 Å². The van der Waals surface area contributed by atoms with E-state index in [0.717, 1.165) is 6.54 Å². The van der Waals surface area contributed by atoms with Crippen LogP contribution in [0.5, 0.6) is 0 Å². The summed E-state index contributed by atoms with van der Waals surface area (Å²) in [7, 11) is 1.94. The highest BCUT2D eigenvalue weighted by Gasteiger charge is 2.03. The van der Waals surface area contributed by atoms with Gasteiger partial charge in [0.15, 0.2) is 6.29 Å². The van der Waals surface area contributed by atoms with Crippen molar-refractivity contribution in [2.75, 3.05) is 20.1 Å². The largest absolute Gasteiger partial charge is 0.367 e. The van der Waals surface area contributed by atoms with Crippen LogP contribution in [-0.2, 0) is 0 Å². The van der Waals surface area contributed by atoms with Gasteiger partial charge in [0.2, 0.25) is 0 Å². The molecule has 0 aromatic heterocycles. The van der Waals surface area contributed by atoms with Crippen molar-refractivity contribution >= 4 is 17.0 Å². The number of unbranched alkanes of at least 4 members (excludes halogenated alkanes) is 11. The lowest BCUT2D eigenvalue weighted by Crippen LogP contribution is -2.29. The summed E-state index contributed by atoms with van der Waals surface area (Å²) in [5.74, 6) is 0. The molecule has 0 saturated heterocycles. The summed E-state index contributed by atoms with van der Waals surface area (Å²) >= 11 is 0. The first-order valence-corrected chi connectivity index (χ1v) is 8.71. The maximum absolute atomic E-state index is 8.83. The molecule has 0 aliphatic rings. The Kier molecular flexibility index (Phi) is 20.7. The van der Waals surface area contributed by atoms with Crippen LogP contribution >= 0.6 is 17.0 Å². The van der Waals surface area contributed by atoms with Gasteiger partial charge in [-0.2, -0.15) is 0 Å². The molecule has 0 saturated carbocycles. The van der Waals surface area contributed by atoms with Crippen molar-refractivity contribution in [3.05, 3.63) is 0 Å². The highest BCUT2D eigenvalue weighted by molar-refractivity contribution is 8.93. The van der Waals surface area contributed by atoms with E-state index in [-0.39, 0.29) is 17.0 Å².